The van der Waals surface area contributed by atoms with Gasteiger partial charge in [0.15, 0.2) is 11.6 Å². The highest BCUT2D eigenvalue weighted by molar-refractivity contribution is 5.88. The second kappa shape index (κ2) is 12.4. The highest BCUT2D eigenvalue weighted by Crippen LogP contribution is 2.35. The third kappa shape index (κ3) is 6.66. The zero-order valence-corrected chi connectivity index (χ0v) is 24.7. The van der Waals surface area contributed by atoms with E-state index < -0.39 is 60.4 Å². The van der Waals surface area contributed by atoms with Crippen molar-refractivity contribution in [1.29, 1.82) is 0 Å². The molecule has 1 aromatic carbocycles. The number of rotatable bonds is 6. The molecule has 5 rings (SSSR count). The summed E-state index contributed by atoms with van der Waals surface area (Å²) in [6.45, 7) is 7.51. The molecule has 2 aromatic rings. The Labute approximate surface area is 248 Å². The predicted octanol–water partition coefficient (Wildman–Crippen LogP) is 2.74. The maximum atomic E-state index is 14.6. The molecule has 1 aromatic heterocycles. The lowest BCUT2D eigenvalue weighted by Crippen LogP contribution is -2.56. The van der Waals surface area contributed by atoms with Crippen LogP contribution in [0, 0.1) is 24.5 Å². The summed E-state index contributed by atoms with van der Waals surface area (Å²) in [4.78, 5) is 19.8. The zero-order valence-electron chi connectivity index (χ0n) is 24.7. The number of piperidine rings is 1. The molecule has 1 unspecified atom stereocenters. The molecule has 0 aliphatic carbocycles. The van der Waals surface area contributed by atoms with Gasteiger partial charge in [-0.3, -0.25) is 0 Å². The Morgan fingerprint density at radius 3 is 2.49 bits per heavy atom. The van der Waals surface area contributed by atoms with Crippen LogP contribution < -0.4 is 0 Å². The smallest absolute Gasteiger partial charge is 0.410 e. The number of hydrogen-bond acceptors (Lipinski definition) is 10. The number of halogens is 2. The topological polar surface area (TPSA) is 152 Å². The van der Waals surface area contributed by atoms with Gasteiger partial charge in [0.1, 0.15) is 41.8 Å². The lowest BCUT2D eigenvalue weighted by atomic mass is 9.86. The summed E-state index contributed by atoms with van der Waals surface area (Å²) in [5.41, 5.74) is 0.373. The van der Waals surface area contributed by atoms with Crippen molar-refractivity contribution >= 4 is 11.8 Å². The largest absolute Gasteiger partial charge is 0.444 e. The van der Waals surface area contributed by atoms with Crippen LogP contribution in [0.1, 0.15) is 58.1 Å². The van der Waals surface area contributed by atoms with E-state index in [1.165, 1.54) is 29.9 Å². The van der Waals surface area contributed by atoms with Gasteiger partial charge in [0.05, 0.1) is 24.6 Å². The summed E-state index contributed by atoms with van der Waals surface area (Å²) in [6, 6.07) is 1.72. The highest BCUT2D eigenvalue weighted by atomic mass is 19.2. The standard InChI is InChI=1S/C29H39F2N5O7/c1-15-5-6-18(24(31)23(15)30)20-13-36(34-32-20)25-26(38)21(41-22(14-37)27(25)39)12-17-11-19(33-43-17)16-7-9-35(10-8-16)28(40)42-29(2,3)4/h5-6,13,16-17,21-22,25-27,37-39H,7-12,14H2,1-4H3/t17?,21-,22-,25-,26+,27+/m1/s1. The molecule has 0 spiro atoms. The number of benzene rings is 1. The number of aromatic nitrogens is 3. The number of oxime groups is 1. The number of aliphatic hydroxyl groups is 3. The Hall–Kier alpha value is -3.20. The number of carbonyl (C=O) groups is 1. The van der Waals surface area contributed by atoms with Crippen LogP contribution in [0.5, 0.6) is 0 Å². The number of hydrogen-bond donors (Lipinski definition) is 3. The highest BCUT2D eigenvalue weighted by Gasteiger charge is 2.47. The number of ether oxygens (including phenoxy) is 2. The Kier molecular flexibility index (Phi) is 9.02. The fourth-order valence-electron chi connectivity index (χ4n) is 5.87. The van der Waals surface area contributed by atoms with E-state index in [4.69, 9.17) is 14.3 Å². The van der Waals surface area contributed by atoms with Crippen LogP contribution in [-0.4, -0.2) is 103 Å². The van der Waals surface area contributed by atoms with E-state index in [9.17, 15) is 28.9 Å². The molecule has 1 amide bonds. The van der Waals surface area contributed by atoms with Crippen LogP contribution in [-0.2, 0) is 14.3 Å². The number of aliphatic hydroxyl groups excluding tert-OH is 3. The van der Waals surface area contributed by atoms with Crippen molar-refractivity contribution in [1.82, 2.24) is 19.9 Å². The first-order valence-corrected chi connectivity index (χ1v) is 14.6. The van der Waals surface area contributed by atoms with Gasteiger partial charge in [0.25, 0.3) is 0 Å². The number of aryl methyl sites for hydroxylation is 1. The number of likely N-dealkylation sites (tertiary alicyclic amines) is 1. The summed E-state index contributed by atoms with van der Waals surface area (Å²) in [6.07, 6.45) is -1.83. The minimum atomic E-state index is -1.36. The normalized spacial score (nSPS) is 28.5. The van der Waals surface area contributed by atoms with Gasteiger partial charge < -0.3 is 34.5 Å². The van der Waals surface area contributed by atoms with Crippen molar-refractivity contribution in [2.45, 2.75) is 95.5 Å². The number of amides is 1. The van der Waals surface area contributed by atoms with E-state index in [0.29, 0.717) is 19.5 Å². The van der Waals surface area contributed by atoms with Gasteiger partial charge in [-0.2, -0.15) is 0 Å². The summed E-state index contributed by atoms with van der Waals surface area (Å²) in [7, 11) is 0. The quantitative estimate of drug-likeness (QED) is 0.450. The Morgan fingerprint density at radius 2 is 1.81 bits per heavy atom. The Balaban J connectivity index is 1.22. The molecule has 0 radical (unpaired) electrons. The van der Waals surface area contributed by atoms with Gasteiger partial charge >= 0.3 is 6.09 Å². The van der Waals surface area contributed by atoms with Crippen LogP contribution in [0.4, 0.5) is 13.6 Å². The fourth-order valence-corrected chi connectivity index (χ4v) is 5.87. The minimum Gasteiger partial charge on any atom is -0.444 e. The molecule has 4 heterocycles. The molecule has 6 atom stereocenters. The van der Waals surface area contributed by atoms with Crippen molar-refractivity contribution in [3.63, 3.8) is 0 Å². The lowest BCUT2D eigenvalue weighted by molar-refractivity contribution is -0.212. The van der Waals surface area contributed by atoms with Gasteiger partial charge in [-0.15, -0.1) is 5.10 Å². The SMILES string of the molecule is Cc1ccc(-c2cn([C@H]3[C@@H](O)[C@@H](CO)O[C@H](CC4CC(C5CCN(C(=O)OC(C)(C)C)CC5)=NO4)[C@@H]3O)nn2)c(F)c1F. The van der Waals surface area contributed by atoms with Crippen molar-refractivity contribution in [2.75, 3.05) is 19.7 Å². The molecule has 3 N–H and O–H groups in total. The fraction of sp³-hybridized carbons (Fsp3) is 0.655. The molecule has 2 fully saturated rings. The summed E-state index contributed by atoms with van der Waals surface area (Å²) in [5.74, 6) is -1.93. The van der Waals surface area contributed by atoms with Gasteiger partial charge in [0.2, 0.25) is 0 Å². The molecule has 0 saturated carbocycles. The molecule has 3 aliphatic rings. The van der Waals surface area contributed by atoms with E-state index in [1.807, 2.05) is 20.8 Å². The summed E-state index contributed by atoms with van der Waals surface area (Å²) < 4.78 is 41.3. The molecule has 3 aliphatic heterocycles. The van der Waals surface area contributed by atoms with Crippen molar-refractivity contribution in [2.24, 2.45) is 11.1 Å². The molecule has 236 valence electrons. The van der Waals surface area contributed by atoms with E-state index in [2.05, 4.69) is 15.5 Å². The van der Waals surface area contributed by atoms with Gasteiger partial charge in [-0.25, -0.2) is 18.3 Å². The maximum absolute atomic E-state index is 14.6. The third-order valence-electron chi connectivity index (χ3n) is 8.23. The Bertz CT molecular complexity index is 1340. The minimum absolute atomic E-state index is 0.0225. The maximum Gasteiger partial charge on any atom is 0.410 e. The van der Waals surface area contributed by atoms with Crippen LogP contribution in [0.15, 0.2) is 23.5 Å². The van der Waals surface area contributed by atoms with Crippen molar-refractivity contribution in [3.8, 4) is 11.3 Å². The second-order valence-corrected chi connectivity index (χ2v) is 12.5. The van der Waals surface area contributed by atoms with Gasteiger partial charge in [0, 0.05) is 37.4 Å². The first-order chi connectivity index (χ1) is 20.4. The van der Waals surface area contributed by atoms with Crippen LogP contribution >= 0.6 is 0 Å². The molecule has 14 heteroatoms. The first-order valence-electron chi connectivity index (χ1n) is 14.6. The van der Waals surface area contributed by atoms with Crippen LogP contribution in [0.25, 0.3) is 11.3 Å². The second-order valence-electron chi connectivity index (χ2n) is 12.5. The molecule has 12 nitrogen and oxygen atoms in total. The van der Waals surface area contributed by atoms with E-state index >= 15 is 0 Å². The van der Waals surface area contributed by atoms with E-state index in [-0.39, 0.29) is 35.3 Å². The van der Waals surface area contributed by atoms with Crippen molar-refractivity contribution < 1.29 is 43.2 Å². The Morgan fingerprint density at radius 1 is 1.12 bits per heavy atom. The number of nitrogens with zero attached hydrogens (tertiary/aromatic N) is 5. The molecular weight excluding hydrogens is 568 g/mol. The molecule has 0 bridgehead atoms. The average Bonchev–Trinajstić information content (AvgIpc) is 3.63. The van der Waals surface area contributed by atoms with Gasteiger partial charge in [-0.1, -0.05) is 16.4 Å². The number of carbonyl (C=O) groups excluding carboxylic acids is 1. The zero-order chi connectivity index (χ0) is 31.1. The molecular formula is C29H39F2N5O7. The predicted molar refractivity (Wildman–Crippen MR) is 149 cm³/mol. The molecule has 2 saturated heterocycles. The average molecular weight is 608 g/mol. The first kappa shape index (κ1) is 31.2. The van der Waals surface area contributed by atoms with Crippen molar-refractivity contribution in [3.05, 3.63) is 35.5 Å². The third-order valence-corrected chi connectivity index (χ3v) is 8.23. The molecule has 43 heavy (non-hydrogen) atoms. The monoisotopic (exact) mass is 607 g/mol. The lowest BCUT2D eigenvalue weighted by Gasteiger charge is -2.42. The summed E-state index contributed by atoms with van der Waals surface area (Å²) in [5, 5.41) is 44.3. The van der Waals surface area contributed by atoms with E-state index in [1.54, 1.807) is 4.90 Å². The van der Waals surface area contributed by atoms with Gasteiger partial charge in [-0.05, 0) is 52.2 Å². The van der Waals surface area contributed by atoms with E-state index in [0.717, 1.165) is 18.6 Å². The summed E-state index contributed by atoms with van der Waals surface area (Å²) >= 11 is 0. The van der Waals surface area contributed by atoms with Crippen LogP contribution in [0.3, 0.4) is 0 Å². The van der Waals surface area contributed by atoms with Crippen LogP contribution in [0.2, 0.25) is 0 Å².